The quantitative estimate of drug-likeness (QED) is 0.765. The highest BCUT2D eigenvalue weighted by Crippen LogP contribution is 2.38. The van der Waals surface area contributed by atoms with Crippen molar-refractivity contribution in [1.82, 2.24) is 4.90 Å². The zero-order valence-corrected chi connectivity index (χ0v) is 9.15. The highest BCUT2D eigenvalue weighted by Gasteiger charge is 2.30. The SMILES string of the molecule is N=CC(O)N1CCSC1c1ccccc1. The van der Waals surface area contributed by atoms with E-state index in [9.17, 15) is 5.11 Å². The monoisotopic (exact) mass is 222 g/mol. The fourth-order valence-electron chi connectivity index (χ4n) is 1.75. The van der Waals surface area contributed by atoms with Gasteiger partial charge in [-0.05, 0) is 5.56 Å². The topological polar surface area (TPSA) is 47.3 Å². The number of thioether (sulfide) groups is 1. The summed E-state index contributed by atoms with van der Waals surface area (Å²) < 4.78 is 0. The van der Waals surface area contributed by atoms with E-state index in [0.717, 1.165) is 18.5 Å². The molecule has 1 saturated heterocycles. The lowest BCUT2D eigenvalue weighted by atomic mass is 10.2. The molecule has 0 amide bonds. The molecule has 3 nitrogen and oxygen atoms in total. The molecular weight excluding hydrogens is 208 g/mol. The second-order valence-electron chi connectivity index (χ2n) is 3.45. The molecule has 2 unspecified atom stereocenters. The van der Waals surface area contributed by atoms with Gasteiger partial charge in [0.1, 0.15) is 6.23 Å². The Labute approximate surface area is 93.6 Å². The number of nitrogens with zero attached hydrogens (tertiary/aromatic N) is 1. The third-order valence-corrected chi connectivity index (χ3v) is 3.78. The van der Waals surface area contributed by atoms with Gasteiger partial charge in [-0.1, -0.05) is 30.3 Å². The van der Waals surface area contributed by atoms with Crippen molar-refractivity contribution in [2.75, 3.05) is 12.3 Å². The number of hydrogen-bond donors (Lipinski definition) is 2. The average molecular weight is 222 g/mol. The summed E-state index contributed by atoms with van der Waals surface area (Å²) in [6, 6.07) is 10.1. The average Bonchev–Trinajstić information content (AvgIpc) is 2.78. The normalized spacial score (nSPS) is 23.9. The van der Waals surface area contributed by atoms with Crippen molar-refractivity contribution in [3.8, 4) is 0 Å². The van der Waals surface area contributed by atoms with Gasteiger partial charge in [0.05, 0.1) is 5.37 Å². The second-order valence-corrected chi connectivity index (χ2v) is 4.64. The van der Waals surface area contributed by atoms with Crippen LogP contribution >= 0.6 is 11.8 Å². The number of benzene rings is 1. The van der Waals surface area contributed by atoms with E-state index >= 15 is 0 Å². The van der Waals surface area contributed by atoms with Crippen LogP contribution in [0.15, 0.2) is 30.3 Å². The van der Waals surface area contributed by atoms with Crippen LogP contribution in [0.5, 0.6) is 0 Å². The summed E-state index contributed by atoms with van der Waals surface area (Å²) >= 11 is 1.81. The molecule has 2 atom stereocenters. The Morgan fingerprint density at radius 1 is 1.47 bits per heavy atom. The minimum Gasteiger partial charge on any atom is -0.373 e. The van der Waals surface area contributed by atoms with Gasteiger partial charge >= 0.3 is 0 Å². The second kappa shape index (κ2) is 4.79. The molecule has 1 aliphatic rings. The van der Waals surface area contributed by atoms with Gasteiger partial charge in [0.15, 0.2) is 0 Å². The maximum atomic E-state index is 9.66. The van der Waals surface area contributed by atoms with Crippen LogP contribution in [0.2, 0.25) is 0 Å². The molecule has 0 aromatic heterocycles. The molecular formula is C11H14N2OS. The zero-order valence-electron chi connectivity index (χ0n) is 8.34. The first-order valence-electron chi connectivity index (χ1n) is 4.94. The van der Waals surface area contributed by atoms with E-state index in [4.69, 9.17) is 5.41 Å². The predicted molar refractivity (Wildman–Crippen MR) is 63.1 cm³/mol. The Kier molecular flexibility index (Phi) is 3.41. The lowest BCUT2D eigenvalue weighted by Crippen LogP contribution is -2.35. The first-order chi connectivity index (χ1) is 7.33. The van der Waals surface area contributed by atoms with Crippen LogP contribution in [-0.4, -0.2) is 34.7 Å². The molecule has 1 fully saturated rings. The minimum absolute atomic E-state index is 0.183. The lowest BCUT2D eigenvalue weighted by molar-refractivity contribution is 0.0627. The largest absolute Gasteiger partial charge is 0.373 e. The summed E-state index contributed by atoms with van der Waals surface area (Å²) in [6.45, 7) is 0.834. The molecule has 1 aromatic carbocycles. The molecule has 0 aliphatic carbocycles. The fraction of sp³-hybridized carbons (Fsp3) is 0.364. The van der Waals surface area contributed by atoms with Crippen LogP contribution in [0.1, 0.15) is 10.9 Å². The van der Waals surface area contributed by atoms with Crippen LogP contribution in [0, 0.1) is 5.41 Å². The van der Waals surface area contributed by atoms with Crippen LogP contribution in [0.4, 0.5) is 0 Å². The van der Waals surface area contributed by atoms with Crippen molar-refractivity contribution >= 4 is 18.0 Å². The predicted octanol–water partition coefficient (Wildman–Crippen LogP) is 1.70. The van der Waals surface area contributed by atoms with Crippen molar-refractivity contribution in [2.45, 2.75) is 11.6 Å². The van der Waals surface area contributed by atoms with Gasteiger partial charge in [0.2, 0.25) is 0 Å². The summed E-state index contributed by atoms with van der Waals surface area (Å²) in [5.74, 6) is 1.00. The molecule has 15 heavy (non-hydrogen) atoms. The van der Waals surface area contributed by atoms with Crippen molar-refractivity contribution in [3.05, 3.63) is 35.9 Å². The smallest absolute Gasteiger partial charge is 0.144 e. The third kappa shape index (κ3) is 2.22. The van der Waals surface area contributed by atoms with Gasteiger partial charge in [0.25, 0.3) is 0 Å². The highest BCUT2D eigenvalue weighted by molar-refractivity contribution is 7.99. The van der Waals surface area contributed by atoms with Crippen LogP contribution < -0.4 is 0 Å². The summed E-state index contributed by atoms with van der Waals surface area (Å²) in [5, 5.41) is 16.9. The Hall–Kier alpha value is -0.840. The third-order valence-electron chi connectivity index (χ3n) is 2.50. The van der Waals surface area contributed by atoms with E-state index in [2.05, 4.69) is 12.1 Å². The lowest BCUT2D eigenvalue weighted by Gasteiger charge is -2.26. The zero-order chi connectivity index (χ0) is 10.7. The molecule has 4 heteroatoms. The van der Waals surface area contributed by atoms with E-state index in [1.54, 1.807) is 0 Å². The maximum absolute atomic E-state index is 9.66. The van der Waals surface area contributed by atoms with Crippen LogP contribution in [-0.2, 0) is 0 Å². The molecule has 80 valence electrons. The molecule has 0 bridgehead atoms. The Balaban J connectivity index is 2.18. The van der Waals surface area contributed by atoms with E-state index in [1.165, 1.54) is 5.56 Å². The summed E-state index contributed by atoms with van der Waals surface area (Å²) in [4.78, 5) is 1.94. The fourth-order valence-corrected chi connectivity index (χ4v) is 3.07. The Bertz CT molecular complexity index is 331. The van der Waals surface area contributed by atoms with Crippen LogP contribution in [0.25, 0.3) is 0 Å². The number of hydrogen-bond acceptors (Lipinski definition) is 4. The van der Waals surface area contributed by atoms with Gasteiger partial charge in [-0.15, -0.1) is 11.8 Å². The van der Waals surface area contributed by atoms with E-state index in [0.29, 0.717) is 0 Å². The van der Waals surface area contributed by atoms with Crippen LogP contribution in [0.3, 0.4) is 0 Å². The number of aliphatic hydroxyl groups excluding tert-OH is 1. The number of rotatable bonds is 3. The summed E-state index contributed by atoms with van der Waals surface area (Å²) in [6.07, 6.45) is 0.326. The Morgan fingerprint density at radius 2 is 2.20 bits per heavy atom. The van der Waals surface area contributed by atoms with Crippen molar-refractivity contribution in [1.29, 1.82) is 5.41 Å². The van der Waals surface area contributed by atoms with Gasteiger partial charge in [0, 0.05) is 18.5 Å². The van der Waals surface area contributed by atoms with Gasteiger partial charge in [-0.25, -0.2) is 0 Å². The number of aliphatic hydroxyl groups is 1. The van der Waals surface area contributed by atoms with Crippen molar-refractivity contribution < 1.29 is 5.11 Å². The standard InChI is InChI=1S/C11H14N2OS/c12-8-10(14)13-6-7-15-11(13)9-4-2-1-3-5-9/h1-5,8,10-12,14H,6-7H2. The molecule has 2 N–H and O–H groups in total. The van der Waals surface area contributed by atoms with Crippen molar-refractivity contribution in [3.63, 3.8) is 0 Å². The molecule has 1 aromatic rings. The van der Waals surface area contributed by atoms with E-state index < -0.39 is 6.23 Å². The molecule has 1 aliphatic heterocycles. The van der Waals surface area contributed by atoms with E-state index in [1.807, 2.05) is 34.9 Å². The van der Waals surface area contributed by atoms with Crippen molar-refractivity contribution in [2.24, 2.45) is 0 Å². The van der Waals surface area contributed by atoms with Gasteiger partial charge in [-0.3, -0.25) is 4.90 Å². The first-order valence-corrected chi connectivity index (χ1v) is 5.99. The summed E-state index contributed by atoms with van der Waals surface area (Å²) in [7, 11) is 0. The number of nitrogens with one attached hydrogen (secondary N) is 1. The molecule has 1 heterocycles. The summed E-state index contributed by atoms with van der Waals surface area (Å²) in [5.41, 5.74) is 1.20. The highest BCUT2D eigenvalue weighted by atomic mass is 32.2. The first kappa shape index (κ1) is 10.7. The molecule has 2 rings (SSSR count). The molecule has 0 radical (unpaired) electrons. The minimum atomic E-state index is -0.759. The van der Waals surface area contributed by atoms with E-state index in [-0.39, 0.29) is 5.37 Å². The molecule has 0 saturated carbocycles. The Morgan fingerprint density at radius 3 is 2.87 bits per heavy atom. The maximum Gasteiger partial charge on any atom is 0.144 e. The van der Waals surface area contributed by atoms with Gasteiger partial charge in [-0.2, -0.15) is 0 Å². The molecule has 0 spiro atoms. The van der Waals surface area contributed by atoms with Gasteiger partial charge < -0.3 is 10.5 Å².